The lowest BCUT2D eigenvalue weighted by Gasteiger charge is -2.13. The van der Waals surface area contributed by atoms with E-state index < -0.39 is 24.3 Å². The van der Waals surface area contributed by atoms with Gasteiger partial charge in [-0.05, 0) is 29.3 Å². The number of aliphatic hydroxyl groups is 1. The number of alkyl halides is 3. The second-order valence-electron chi connectivity index (χ2n) is 4.46. The minimum absolute atomic E-state index is 0.0127. The molecule has 2 aromatic rings. The molecule has 0 aliphatic heterocycles. The zero-order chi connectivity index (χ0) is 16.5. The number of aliphatic hydroxyl groups excluding tert-OH is 1. The van der Waals surface area contributed by atoms with Crippen molar-refractivity contribution in [2.24, 2.45) is 0 Å². The van der Waals surface area contributed by atoms with Gasteiger partial charge in [0.1, 0.15) is 5.69 Å². The summed E-state index contributed by atoms with van der Waals surface area (Å²) in [5.41, 5.74) is 4.80. The van der Waals surface area contributed by atoms with Crippen molar-refractivity contribution >= 4 is 5.69 Å². The van der Waals surface area contributed by atoms with Crippen LogP contribution in [0, 0.1) is 5.82 Å². The third-order valence-electron chi connectivity index (χ3n) is 3.04. The number of nitrogens with zero attached hydrogens (tertiary/aromatic N) is 1. The van der Waals surface area contributed by atoms with E-state index in [-0.39, 0.29) is 28.1 Å². The average Bonchev–Trinajstić information content (AvgIpc) is 2.45. The average molecular weight is 316 g/mol. The first-order chi connectivity index (χ1) is 10.3. The van der Waals surface area contributed by atoms with Crippen LogP contribution in [0.15, 0.2) is 24.4 Å². The van der Waals surface area contributed by atoms with Gasteiger partial charge in [-0.15, -0.1) is 0 Å². The van der Waals surface area contributed by atoms with E-state index in [9.17, 15) is 22.7 Å². The fourth-order valence-electron chi connectivity index (χ4n) is 2.03. The highest BCUT2D eigenvalue weighted by atomic mass is 19.4. The Morgan fingerprint density at radius 2 is 1.95 bits per heavy atom. The first-order valence-corrected chi connectivity index (χ1v) is 6.08. The minimum atomic E-state index is -4.63. The van der Waals surface area contributed by atoms with E-state index in [1.165, 1.54) is 13.2 Å². The first kappa shape index (κ1) is 16.0. The van der Waals surface area contributed by atoms with Crippen molar-refractivity contribution in [2.75, 3.05) is 12.8 Å². The van der Waals surface area contributed by atoms with Gasteiger partial charge in [0, 0.05) is 11.8 Å². The molecule has 118 valence electrons. The highest BCUT2D eigenvalue weighted by Gasteiger charge is 2.33. The molecule has 0 aliphatic rings. The normalized spacial score (nSPS) is 11.5. The molecule has 22 heavy (non-hydrogen) atoms. The van der Waals surface area contributed by atoms with Gasteiger partial charge in [0.15, 0.2) is 11.6 Å². The Hall–Kier alpha value is -2.35. The SMILES string of the molecule is COc1c(N)cc(-c2cnc(C(F)(F)F)cc2CO)cc1F. The molecule has 3 N–H and O–H groups in total. The van der Waals surface area contributed by atoms with Gasteiger partial charge in [0.05, 0.1) is 19.4 Å². The molecule has 0 amide bonds. The Labute approximate surface area is 123 Å². The van der Waals surface area contributed by atoms with Crippen LogP contribution in [-0.4, -0.2) is 17.2 Å². The van der Waals surface area contributed by atoms with E-state index in [4.69, 9.17) is 10.5 Å². The second-order valence-corrected chi connectivity index (χ2v) is 4.46. The van der Waals surface area contributed by atoms with Gasteiger partial charge in [-0.25, -0.2) is 4.39 Å². The quantitative estimate of drug-likeness (QED) is 0.675. The minimum Gasteiger partial charge on any atom is -0.492 e. The van der Waals surface area contributed by atoms with E-state index in [0.29, 0.717) is 6.07 Å². The van der Waals surface area contributed by atoms with Gasteiger partial charge in [0.2, 0.25) is 0 Å². The maximum Gasteiger partial charge on any atom is 0.433 e. The summed E-state index contributed by atoms with van der Waals surface area (Å²) in [6, 6.07) is 3.11. The van der Waals surface area contributed by atoms with Gasteiger partial charge in [0.25, 0.3) is 0 Å². The number of anilines is 1. The number of methoxy groups -OCH3 is 1. The Morgan fingerprint density at radius 3 is 2.45 bits per heavy atom. The number of halogens is 4. The van der Waals surface area contributed by atoms with Crippen molar-refractivity contribution in [1.82, 2.24) is 4.98 Å². The van der Waals surface area contributed by atoms with Gasteiger partial charge in [-0.2, -0.15) is 13.2 Å². The number of ether oxygens (including phenoxy) is 1. The molecule has 8 heteroatoms. The Morgan fingerprint density at radius 1 is 1.27 bits per heavy atom. The molecule has 0 atom stereocenters. The summed E-state index contributed by atoms with van der Waals surface area (Å²) in [6.45, 7) is -0.658. The van der Waals surface area contributed by atoms with Crippen molar-refractivity contribution in [1.29, 1.82) is 0 Å². The molecule has 2 rings (SSSR count). The van der Waals surface area contributed by atoms with Crippen LogP contribution in [0.1, 0.15) is 11.3 Å². The van der Waals surface area contributed by atoms with E-state index in [2.05, 4.69) is 4.98 Å². The number of benzene rings is 1. The lowest BCUT2D eigenvalue weighted by Crippen LogP contribution is -2.09. The number of rotatable bonds is 3. The number of hydrogen-bond acceptors (Lipinski definition) is 4. The molecule has 0 spiro atoms. The third kappa shape index (κ3) is 2.96. The molecule has 0 radical (unpaired) electrons. The lowest BCUT2D eigenvalue weighted by molar-refractivity contribution is -0.141. The molecule has 0 unspecified atom stereocenters. The summed E-state index contributed by atoms with van der Waals surface area (Å²) in [7, 11) is 1.24. The van der Waals surface area contributed by atoms with Crippen LogP contribution < -0.4 is 10.5 Å². The molecule has 0 aliphatic carbocycles. The van der Waals surface area contributed by atoms with Crippen molar-refractivity contribution in [3.05, 3.63) is 41.5 Å². The first-order valence-electron chi connectivity index (χ1n) is 6.08. The second kappa shape index (κ2) is 5.80. The number of nitrogen functional groups attached to an aromatic ring is 1. The largest absolute Gasteiger partial charge is 0.492 e. The Balaban J connectivity index is 2.58. The number of aromatic nitrogens is 1. The van der Waals surface area contributed by atoms with Crippen LogP contribution in [0.25, 0.3) is 11.1 Å². The molecular weight excluding hydrogens is 304 g/mol. The van der Waals surface area contributed by atoms with Crippen LogP contribution in [0.3, 0.4) is 0 Å². The zero-order valence-corrected chi connectivity index (χ0v) is 11.4. The van der Waals surface area contributed by atoms with E-state index in [0.717, 1.165) is 12.3 Å². The fraction of sp³-hybridized carbons (Fsp3) is 0.214. The van der Waals surface area contributed by atoms with Gasteiger partial charge >= 0.3 is 6.18 Å². The summed E-state index contributed by atoms with van der Waals surface area (Å²) in [6.07, 6.45) is -3.71. The van der Waals surface area contributed by atoms with Crippen LogP contribution in [0.4, 0.5) is 23.2 Å². The maximum atomic E-state index is 13.8. The Kier molecular flexibility index (Phi) is 4.23. The molecule has 0 saturated heterocycles. The molecular formula is C14H12F4N2O2. The Bertz CT molecular complexity index is 679. The molecule has 0 saturated carbocycles. The summed E-state index contributed by atoms with van der Waals surface area (Å²) >= 11 is 0. The topological polar surface area (TPSA) is 68.4 Å². The maximum absolute atomic E-state index is 13.8. The summed E-state index contributed by atoms with van der Waals surface area (Å²) in [5.74, 6) is -0.921. The smallest absolute Gasteiger partial charge is 0.433 e. The molecule has 1 aromatic heterocycles. The van der Waals surface area contributed by atoms with Gasteiger partial charge < -0.3 is 15.6 Å². The van der Waals surface area contributed by atoms with Crippen LogP contribution in [0.2, 0.25) is 0 Å². The van der Waals surface area contributed by atoms with Crippen molar-refractivity contribution in [3.8, 4) is 16.9 Å². The van der Waals surface area contributed by atoms with Gasteiger partial charge in [-0.1, -0.05) is 0 Å². The van der Waals surface area contributed by atoms with Crippen LogP contribution in [0.5, 0.6) is 5.75 Å². The zero-order valence-electron chi connectivity index (χ0n) is 11.4. The van der Waals surface area contributed by atoms with Crippen LogP contribution >= 0.6 is 0 Å². The van der Waals surface area contributed by atoms with E-state index in [1.54, 1.807) is 0 Å². The fourth-order valence-corrected chi connectivity index (χ4v) is 2.03. The lowest BCUT2D eigenvalue weighted by atomic mass is 10.0. The predicted molar refractivity (Wildman–Crippen MR) is 71.5 cm³/mol. The summed E-state index contributed by atoms with van der Waals surface area (Å²) < 4.78 is 56.5. The molecule has 1 heterocycles. The standard InChI is InChI=1S/C14H12F4N2O2/c1-22-13-10(15)2-7(3-11(13)19)9-5-20-12(14(16,17)18)4-8(9)6-21/h2-5,21H,6,19H2,1H3. The molecule has 0 bridgehead atoms. The molecule has 4 nitrogen and oxygen atoms in total. The van der Waals surface area contributed by atoms with Crippen molar-refractivity contribution < 1.29 is 27.4 Å². The summed E-state index contributed by atoms with van der Waals surface area (Å²) in [5, 5.41) is 9.26. The summed E-state index contributed by atoms with van der Waals surface area (Å²) in [4.78, 5) is 3.31. The monoisotopic (exact) mass is 316 g/mol. The van der Waals surface area contributed by atoms with Crippen molar-refractivity contribution in [2.45, 2.75) is 12.8 Å². The van der Waals surface area contributed by atoms with Gasteiger partial charge in [-0.3, -0.25) is 4.98 Å². The molecule has 0 fully saturated rings. The molecule has 1 aromatic carbocycles. The van der Waals surface area contributed by atoms with Crippen LogP contribution in [-0.2, 0) is 12.8 Å². The number of nitrogens with two attached hydrogens (primary N) is 1. The van der Waals surface area contributed by atoms with E-state index >= 15 is 0 Å². The number of pyridine rings is 1. The third-order valence-corrected chi connectivity index (χ3v) is 3.04. The number of hydrogen-bond donors (Lipinski definition) is 2. The highest BCUT2D eigenvalue weighted by molar-refractivity contribution is 5.73. The predicted octanol–water partition coefficient (Wildman–Crippen LogP) is 2.99. The van der Waals surface area contributed by atoms with Crippen molar-refractivity contribution in [3.63, 3.8) is 0 Å². The highest BCUT2D eigenvalue weighted by Crippen LogP contribution is 2.35. The van der Waals surface area contributed by atoms with E-state index in [1.807, 2.05) is 0 Å².